The van der Waals surface area contributed by atoms with E-state index in [1.54, 1.807) is 0 Å². The predicted molar refractivity (Wildman–Crippen MR) is 97.6 cm³/mol. The van der Waals surface area contributed by atoms with Gasteiger partial charge in [-0.3, -0.25) is 9.40 Å². The first-order valence-corrected chi connectivity index (χ1v) is 10.4. The zero-order valence-corrected chi connectivity index (χ0v) is 16.4. The van der Waals surface area contributed by atoms with E-state index in [1.165, 1.54) is 13.8 Å². The lowest BCUT2D eigenvalue weighted by atomic mass is 10.1. The summed E-state index contributed by atoms with van der Waals surface area (Å²) in [5.74, 6) is -2.13. The molecule has 0 amide bonds. The van der Waals surface area contributed by atoms with Gasteiger partial charge < -0.3 is 24.4 Å². The lowest BCUT2D eigenvalue weighted by Gasteiger charge is -2.26. The van der Waals surface area contributed by atoms with Gasteiger partial charge in [0.2, 0.25) is 5.91 Å². The zero-order chi connectivity index (χ0) is 20.3. The summed E-state index contributed by atoms with van der Waals surface area (Å²) >= 11 is 0. The highest BCUT2D eigenvalue weighted by Crippen LogP contribution is 2.55. The Morgan fingerprint density at radius 1 is 1.07 bits per heavy atom. The topological polar surface area (TPSA) is 117 Å². The molecule has 0 bridgehead atoms. The summed E-state index contributed by atoms with van der Waals surface area (Å²) in [7, 11) is -4.05. The molecule has 4 N–H and O–H groups in total. The average molecular weight is 409 g/mol. The molecule has 1 unspecified atom stereocenters. The molecule has 1 aromatic rings. The third-order valence-electron chi connectivity index (χ3n) is 3.66. The summed E-state index contributed by atoms with van der Waals surface area (Å²) < 4.78 is 36.3. The van der Waals surface area contributed by atoms with E-state index in [4.69, 9.17) is 13.9 Å². The smallest absolute Gasteiger partial charge is 0.364 e. The van der Waals surface area contributed by atoms with Gasteiger partial charge in [0.1, 0.15) is 6.10 Å². The summed E-state index contributed by atoms with van der Waals surface area (Å²) in [6.45, 7) is 3.06. The fraction of sp³-hybridized carbons (Fsp3) is 0.647. The van der Waals surface area contributed by atoms with Crippen LogP contribution in [-0.4, -0.2) is 59.3 Å². The van der Waals surface area contributed by atoms with E-state index >= 15 is 0 Å². The normalized spacial score (nSPS) is 16.7. The highest BCUT2D eigenvalue weighted by Gasteiger charge is 2.39. The van der Waals surface area contributed by atoms with E-state index in [9.17, 15) is 24.3 Å². The first-order chi connectivity index (χ1) is 12.8. The Balaban J connectivity index is 2.42. The maximum atomic E-state index is 14.3. The van der Waals surface area contributed by atoms with Crippen molar-refractivity contribution in [2.24, 2.45) is 0 Å². The predicted octanol–water partition coefficient (Wildman–Crippen LogP) is 1.74. The van der Waals surface area contributed by atoms with Gasteiger partial charge in [-0.25, -0.2) is 4.39 Å². The minimum atomic E-state index is -4.05. The van der Waals surface area contributed by atoms with Crippen LogP contribution < -0.4 is 5.48 Å². The molecule has 0 aliphatic heterocycles. The number of alkyl halides is 1. The van der Waals surface area contributed by atoms with E-state index in [1.807, 2.05) is 30.3 Å². The lowest BCUT2D eigenvalue weighted by Crippen LogP contribution is -2.44. The average Bonchev–Trinajstić information content (AvgIpc) is 2.65. The molecule has 4 atom stereocenters. The first-order valence-electron chi connectivity index (χ1n) is 8.79. The molecule has 0 fully saturated rings. The maximum Gasteiger partial charge on any atom is 0.364 e. The molecule has 0 radical (unpaired) electrons. The van der Waals surface area contributed by atoms with Crippen LogP contribution in [0.4, 0.5) is 4.39 Å². The van der Waals surface area contributed by atoms with Crippen LogP contribution in [0.15, 0.2) is 30.3 Å². The minimum Gasteiger partial charge on any atom is -0.390 e. The molecule has 27 heavy (non-hydrogen) atoms. The molecular weight excluding hydrogens is 380 g/mol. The van der Waals surface area contributed by atoms with Crippen LogP contribution in [0.5, 0.6) is 0 Å². The highest BCUT2D eigenvalue weighted by atomic mass is 31.2. The molecule has 0 aliphatic rings. The van der Waals surface area contributed by atoms with Crippen molar-refractivity contribution >= 4 is 7.60 Å². The molecular formula is C17H29FNO7P. The van der Waals surface area contributed by atoms with E-state index in [2.05, 4.69) is 5.48 Å². The Hall–Kier alpha value is -0.900. The first kappa shape index (κ1) is 24.1. The number of aliphatic hydroxyl groups excluding tert-OH is 3. The second-order valence-electron chi connectivity index (χ2n) is 5.79. The van der Waals surface area contributed by atoms with Gasteiger partial charge in [-0.2, -0.15) is 5.48 Å². The largest absolute Gasteiger partial charge is 0.390 e. The second-order valence-corrected chi connectivity index (χ2v) is 7.95. The molecule has 8 nitrogen and oxygen atoms in total. The quantitative estimate of drug-likeness (QED) is 0.209. The standard InChI is InChI=1S/C17H29FNO7P/c1-3-25-27(23,26-4-2)16(18)10-14(20)17(22)15(21)11-19-24-12-13-8-6-5-7-9-13/h5-9,14-17,19-22H,3-4,10-12H2,1-2H3/t14-,15+,16?,17-/m1/s1. The number of nitrogens with one attached hydrogen (secondary N) is 1. The van der Waals surface area contributed by atoms with Gasteiger partial charge in [0.25, 0.3) is 0 Å². The molecule has 0 spiro atoms. The van der Waals surface area contributed by atoms with Crippen molar-refractivity contribution in [1.29, 1.82) is 0 Å². The Morgan fingerprint density at radius 2 is 1.67 bits per heavy atom. The van der Waals surface area contributed by atoms with Crippen LogP contribution in [0.3, 0.4) is 0 Å². The molecule has 0 aromatic heterocycles. The van der Waals surface area contributed by atoms with E-state index < -0.39 is 38.2 Å². The van der Waals surface area contributed by atoms with Gasteiger partial charge >= 0.3 is 7.60 Å². The Kier molecular flexibility index (Phi) is 11.2. The molecule has 1 aromatic carbocycles. The summed E-state index contributed by atoms with van der Waals surface area (Å²) in [5, 5.41) is 29.8. The van der Waals surface area contributed by atoms with Gasteiger partial charge in [0, 0.05) is 13.0 Å². The van der Waals surface area contributed by atoms with Crippen LogP contribution in [0.2, 0.25) is 0 Å². The molecule has 0 saturated heterocycles. The van der Waals surface area contributed by atoms with Crippen molar-refractivity contribution in [1.82, 2.24) is 5.48 Å². The third-order valence-corrected chi connectivity index (χ3v) is 5.80. The van der Waals surface area contributed by atoms with Crippen molar-refractivity contribution < 1.29 is 38.2 Å². The van der Waals surface area contributed by atoms with Gasteiger partial charge in [-0.15, -0.1) is 0 Å². The lowest BCUT2D eigenvalue weighted by molar-refractivity contribution is -0.0830. The third kappa shape index (κ3) is 8.33. The number of hydrogen-bond donors (Lipinski definition) is 4. The number of aliphatic hydroxyl groups is 3. The number of hydrogen-bond acceptors (Lipinski definition) is 8. The van der Waals surface area contributed by atoms with Gasteiger partial charge in [0.05, 0.1) is 32.0 Å². The molecule has 0 saturated carbocycles. The van der Waals surface area contributed by atoms with Crippen molar-refractivity contribution in [3.8, 4) is 0 Å². The van der Waals surface area contributed by atoms with Gasteiger partial charge in [0.15, 0.2) is 0 Å². The summed E-state index contributed by atoms with van der Waals surface area (Å²) in [6.07, 6.45) is -5.48. The van der Waals surface area contributed by atoms with Crippen molar-refractivity contribution in [3.63, 3.8) is 0 Å². The van der Waals surface area contributed by atoms with Crippen LogP contribution in [-0.2, 0) is 25.1 Å². The number of benzene rings is 1. The van der Waals surface area contributed by atoms with Crippen molar-refractivity contribution in [3.05, 3.63) is 35.9 Å². The SMILES string of the molecule is CCOP(=O)(OCC)C(F)C[C@@H](O)[C@@H](O)[C@@H](O)CNOCc1ccccc1. The number of hydroxylamine groups is 1. The minimum absolute atomic E-state index is 0.0261. The number of halogens is 1. The van der Waals surface area contributed by atoms with Crippen molar-refractivity contribution in [2.45, 2.75) is 51.1 Å². The van der Waals surface area contributed by atoms with Crippen LogP contribution in [0.25, 0.3) is 0 Å². The van der Waals surface area contributed by atoms with Gasteiger partial charge in [-0.05, 0) is 19.4 Å². The van der Waals surface area contributed by atoms with Gasteiger partial charge in [-0.1, -0.05) is 30.3 Å². The molecule has 156 valence electrons. The maximum absolute atomic E-state index is 14.3. The summed E-state index contributed by atoms with van der Waals surface area (Å²) in [4.78, 5) is 5.16. The zero-order valence-electron chi connectivity index (χ0n) is 15.5. The van der Waals surface area contributed by atoms with Crippen LogP contribution >= 0.6 is 7.60 Å². The highest BCUT2D eigenvalue weighted by molar-refractivity contribution is 7.54. The molecule has 1 rings (SSSR count). The monoisotopic (exact) mass is 409 g/mol. The van der Waals surface area contributed by atoms with Crippen LogP contribution in [0, 0.1) is 0 Å². The Morgan fingerprint density at radius 3 is 2.22 bits per heavy atom. The second kappa shape index (κ2) is 12.5. The van der Waals surface area contributed by atoms with E-state index in [0.717, 1.165) is 5.56 Å². The molecule has 0 aliphatic carbocycles. The fourth-order valence-corrected chi connectivity index (χ4v) is 3.85. The van der Waals surface area contributed by atoms with E-state index in [-0.39, 0.29) is 26.4 Å². The Labute approximate surface area is 158 Å². The van der Waals surface area contributed by atoms with Crippen molar-refractivity contribution in [2.75, 3.05) is 19.8 Å². The van der Waals surface area contributed by atoms with E-state index in [0.29, 0.717) is 0 Å². The summed E-state index contributed by atoms with van der Waals surface area (Å²) in [5.41, 5.74) is 3.38. The molecule has 10 heteroatoms. The van der Waals surface area contributed by atoms with Crippen LogP contribution in [0.1, 0.15) is 25.8 Å². The fourth-order valence-electron chi connectivity index (χ4n) is 2.26. The molecule has 0 heterocycles. The summed E-state index contributed by atoms with van der Waals surface area (Å²) in [6, 6.07) is 9.28. The number of rotatable bonds is 14. The Bertz CT molecular complexity index is 555.